The number of halogens is 1. The Morgan fingerprint density at radius 1 is 1.30 bits per heavy atom. The third-order valence-corrected chi connectivity index (χ3v) is 7.36. The summed E-state index contributed by atoms with van der Waals surface area (Å²) in [7, 11) is -3.28. The fourth-order valence-corrected chi connectivity index (χ4v) is 5.11. The van der Waals surface area contributed by atoms with Gasteiger partial charge in [-0.05, 0) is 79.1 Å². The predicted molar refractivity (Wildman–Crippen MR) is 123 cm³/mol. The zero-order valence-corrected chi connectivity index (χ0v) is 19.4. The van der Waals surface area contributed by atoms with Crippen molar-refractivity contribution in [2.45, 2.75) is 42.7 Å². The molecule has 0 radical (unpaired) electrons. The van der Waals surface area contributed by atoms with Crippen molar-refractivity contribution in [2.75, 3.05) is 11.6 Å². The quantitative estimate of drug-likeness (QED) is 0.489. The van der Waals surface area contributed by atoms with Gasteiger partial charge in [-0.15, -0.1) is 0 Å². The summed E-state index contributed by atoms with van der Waals surface area (Å²) in [6.45, 7) is 1.76. The predicted octanol–water partition coefficient (Wildman–Crippen LogP) is 3.02. The number of nitrogens with one attached hydrogen (secondary N) is 1. The first-order valence-corrected chi connectivity index (χ1v) is 12.4. The molecular formula is C20H21IN4O4S. The van der Waals surface area contributed by atoms with Gasteiger partial charge in [-0.3, -0.25) is 9.36 Å². The van der Waals surface area contributed by atoms with E-state index in [1.807, 2.05) is 22.6 Å². The van der Waals surface area contributed by atoms with Gasteiger partial charge in [-0.25, -0.2) is 13.4 Å². The van der Waals surface area contributed by atoms with Gasteiger partial charge in [-0.1, -0.05) is 0 Å². The lowest BCUT2D eigenvalue weighted by Gasteiger charge is -2.28. The molecule has 1 aliphatic carbocycles. The summed E-state index contributed by atoms with van der Waals surface area (Å²) in [6, 6.07) is 7.65. The highest BCUT2D eigenvalue weighted by Gasteiger charge is 2.39. The van der Waals surface area contributed by atoms with Gasteiger partial charge in [0.2, 0.25) is 5.95 Å². The Morgan fingerprint density at radius 3 is 2.60 bits per heavy atom. The number of anilines is 2. The molecule has 158 valence electrons. The molecule has 2 aromatic heterocycles. The van der Waals surface area contributed by atoms with Gasteiger partial charge >= 0.3 is 0 Å². The second-order valence-electron chi connectivity index (χ2n) is 7.83. The molecule has 0 amide bonds. The number of sulfone groups is 1. The van der Waals surface area contributed by atoms with Gasteiger partial charge in [0.1, 0.15) is 5.65 Å². The van der Waals surface area contributed by atoms with Crippen LogP contribution in [0.1, 0.15) is 32.2 Å². The number of rotatable bonds is 4. The summed E-state index contributed by atoms with van der Waals surface area (Å²) >= 11 is 2.00. The Morgan fingerprint density at radius 2 is 2.00 bits per heavy atom. The molecule has 0 aliphatic heterocycles. The Kier molecular flexibility index (Phi) is 5.35. The van der Waals surface area contributed by atoms with E-state index in [-0.39, 0.29) is 22.4 Å². The lowest BCUT2D eigenvalue weighted by atomic mass is 10.00. The van der Waals surface area contributed by atoms with E-state index in [4.69, 9.17) is 0 Å². The monoisotopic (exact) mass is 540 g/mol. The maximum atomic E-state index is 13.0. The maximum Gasteiger partial charge on any atom is 0.266 e. The Balaban J connectivity index is 1.78. The van der Waals surface area contributed by atoms with Crippen molar-refractivity contribution in [3.05, 3.63) is 50.5 Å². The van der Waals surface area contributed by atoms with Crippen molar-refractivity contribution in [3.63, 3.8) is 0 Å². The van der Waals surface area contributed by atoms with Gasteiger partial charge in [0.25, 0.3) is 5.56 Å². The average molecular weight is 540 g/mol. The minimum atomic E-state index is -3.28. The summed E-state index contributed by atoms with van der Waals surface area (Å²) in [5, 5.41) is 14.6. The highest BCUT2D eigenvalue weighted by Crippen LogP contribution is 2.39. The van der Waals surface area contributed by atoms with Gasteiger partial charge in [0, 0.05) is 23.5 Å². The highest BCUT2D eigenvalue weighted by atomic mass is 127. The first kappa shape index (κ1) is 21.2. The number of pyridine rings is 1. The summed E-state index contributed by atoms with van der Waals surface area (Å²) in [6.07, 6.45) is 4.94. The number of aliphatic hydroxyl groups is 1. The topological polar surface area (TPSA) is 114 Å². The van der Waals surface area contributed by atoms with Crippen LogP contribution in [0.2, 0.25) is 0 Å². The van der Waals surface area contributed by atoms with Crippen LogP contribution in [0.3, 0.4) is 0 Å². The third-order valence-electron chi connectivity index (χ3n) is 5.46. The molecule has 30 heavy (non-hydrogen) atoms. The molecule has 0 unspecified atom stereocenters. The van der Waals surface area contributed by atoms with E-state index in [1.54, 1.807) is 35.9 Å². The van der Waals surface area contributed by atoms with Crippen LogP contribution in [-0.2, 0) is 9.84 Å². The van der Waals surface area contributed by atoms with Crippen molar-refractivity contribution in [2.24, 2.45) is 0 Å². The van der Waals surface area contributed by atoms with Crippen LogP contribution in [0, 0.1) is 3.57 Å². The first-order valence-electron chi connectivity index (χ1n) is 9.43. The number of nitrogens with zero attached hydrogens (tertiary/aromatic N) is 3. The molecule has 2 N–H and O–H groups in total. The third kappa shape index (κ3) is 3.95. The molecule has 1 aromatic carbocycles. The summed E-state index contributed by atoms with van der Waals surface area (Å²) in [5.41, 5.74) is -0.0920. The van der Waals surface area contributed by atoms with Gasteiger partial charge in [0.15, 0.2) is 9.84 Å². The van der Waals surface area contributed by atoms with Crippen LogP contribution in [0.5, 0.6) is 0 Å². The van der Waals surface area contributed by atoms with Crippen molar-refractivity contribution in [1.82, 2.24) is 14.5 Å². The molecule has 2 atom stereocenters. The van der Waals surface area contributed by atoms with E-state index in [9.17, 15) is 18.3 Å². The Bertz CT molecular complexity index is 1290. The molecule has 0 bridgehead atoms. The van der Waals surface area contributed by atoms with E-state index in [0.29, 0.717) is 33.1 Å². The zero-order valence-electron chi connectivity index (χ0n) is 16.5. The molecule has 8 nitrogen and oxygen atoms in total. The van der Waals surface area contributed by atoms with Crippen molar-refractivity contribution >= 4 is 55.1 Å². The van der Waals surface area contributed by atoms with Crippen LogP contribution < -0.4 is 10.9 Å². The second-order valence-corrected chi connectivity index (χ2v) is 11.0. The highest BCUT2D eigenvalue weighted by molar-refractivity contribution is 14.1. The lowest BCUT2D eigenvalue weighted by molar-refractivity contribution is 0.0266. The average Bonchev–Trinajstić information content (AvgIpc) is 3.02. The van der Waals surface area contributed by atoms with Crippen molar-refractivity contribution < 1.29 is 13.5 Å². The molecule has 1 saturated carbocycles. The molecule has 2 heterocycles. The molecule has 4 rings (SSSR count). The van der Waals surface area contributed by atoms with Gasteiger partial charge < -0.3 is 10.4 Å². The fourth-order valence-electron chi connectivity index (χ4n) is 3.89. The number of fused-ring (bicyclic) bond motifs is 1. The van der Waals surface area contributed by atoms with E-state index < -0.39 is 15.4 Å². The Hall–Kier alpha value is -2.05. The summed E-state index contributed by atoms with van der Waals surface area (Å²) in [5.74, 6) is 0.279. The summed E-state index contributed by atoms with van der Waals surface area (Å²) < 4.78 is 25.4. The van der Waals surface area contributed by atoms with E-state index >= 15 is 0 Å². The van der Waals surface area contributed by atoms with E-state index in [1.165, 1.54) is 12.1 Å². The van der Waals surface area contributed by atoms with E-state index in [0.717, 1.165) is 12.7 Å². The minimum absolute atomic E-state index is 0.183. The SMILES string of the molecule is C[C@@]1(O)CCC[C@H]1n1c(=O)c(I)cc2cnc(Nc3ccc(S(C)(=O)=O)cc3)nc21. The first-order chi connectivity index (χ1) is 14.1. The molecule has 0 saturated heterocycles. The van der Waals surface area contributed by atoms with Crippen LogP contribution in [0.15, 0.2) is 46.2 Å². The minimum Gasteiger partial charge on any atom is -0.388 e. The van der Waals surface area contributed by atoms with Gasteiger partial charge in [0.05, 0.1) is 20.1 Å². The largest absolute Gasteiger partial charge is 0.388 e. The number of aromatic nitrogens is 3. The fraction of sp³-hybridized carbons (Fsp3) is 0.350. The standard InChI is InChI=1S/C20H21IN4O4S/c1-20(27)9-3-4-16(20)25-17-12(10-15(21)18(25)26)11-22-19(24-17)23-13-5-7-14(8-6-13)30(2,28)29/h5-8,10-11,16,27H,3-4,9H2,1-2H3,(H,22,23,24)/t16-,20-/m1/s1. The summed E-state index contributed by atoms with van der Waals surface area (Å²) in [4.78, 5) is 22.1. The number of hydrogen-bond acceptors (Lipinski definition) is 7. The maximum absolute atomic E-state index is 13.0. The molecule has 1 fully saturated rings. The van der Waals surface area contributed by atoms with E-state index in [2.05, 4.69) is 15.3 Å². The molecule has 3 aromatic rings. The van der Waals surface area contributed by atoms with Crippen LogP contribution in [0.25, 0.3) is 11.0 Å². The van der Waals surface area contributed by atoms with Crippen LogP contribution in [-0.4, -0.2) is 39.9 Å². The van der Waals surface area contributed by atoms with Gasteiger partial charge in [-0.2, -0.15) is 4.98 Å². The van der Waals surface area contributed by atoms with Crippen LogP contribution in [0.4, 0.5) is 11.6 Å². The number of benzene rings is 1. The normalized spacial score (nSPS) is 21.8. The van der Waals surface area contributed by atoms with Crippen molar-refractivity contribution in [1.29, 1.82) is 0 Å². The molecule has 0 spiro atoms. The molecule has 10 heteroatoms. The Labute approximate surface area is 187 Å². The van der Waals surface area contributed by atoms with Crippen molar-refractivity contribution in [3.8, 4) is 0 Å². The second kappa shape index (κ2) is 7.57. The molecular weight excluding hydrogens is 519 g/mol. The zero-order chi connectivity index (χ0) is 21.7. The van der Waals surface area contributed by atoms with Crippen LogP contribution >= 0.6 is 22.6 Å². The molecule has 1 aliphatic rings. The smallest absolute Gasteiger partial charge is 0.266 e. The number of hydrogen-bond donors (Lipinski definition) is 2. The lowest BCUT2D eigenvalue weighted by Crippen LogP contribution is -2.38.